The smallest absolute Gasteiger partial charge is 0.393 e. The lowest BCUT2D eigenvalue weighted by Gasteiger charge is -2.25. The van der Waals surface area contributed by atoms with E-state index in [9.17, 15) is 18.3 Å². The van der Waals surface area contributed by atoms with Crippen molar-refractivity contribution < 1.29 is 23.3 Å². The fraction of sp³-hybridized carbons (Fsp3) is 0.545. The number of piperidine rings is 1. The van der Waals surface area contributed by atoms with E-state index >= 15 is 0 Å². The van der Waals surface area contributed by atoms with Crippen molar-refractivity contribution in [1.82, 2.24) is 0 Å². The third-order valence-electron chi connectivity index (χ3n) is 2.98. The van der Waals surface area contributed by atoms with Gasteiger partial charge in [0.2, 0.25) is 0 Å². The first kappa shape index (κ1) is 13.4. The van der Waals surface area contributed by atoms with E-state index in [1.165, 1.54) is 0 Å². The van der Waals surface area contributed by atoms with E-state index in [0.717, 1.165) is 12.3 Å². The number of aromatic nitrogens is 1. The average Bonchev–Trinajstić information content (AvgIpc) is 2.29. The second kappa shape index (κ2) is 4.93. The van der Waals surface area contributed by atoms with E-state index in [1.807, 2.05) is 4.90 Å². The third-order valence-corrected chi connectivity index (χ3v) is 3.27. The van der Waals surface area contributed by atoms with Crippen LogP contribution in [0.5, 0.6) is 0 Å². The Morgan fingerprint density at radius 3 is 2.44 bits per heavy atom. The summed E-state index contributed by atoms with van der Waals surface area (Å²) in [6.45, 7) is 1.14. The van der Waals surface area contributed by atoms with Gasteiger partial charge in [0.25, 0.3) is 5.82 Å². The Morgan fingerprint density at radius 1 is 1.33 bits per heavy atom. The van der Waals surface area contributed by atoms with Gasteiger partial charge < -0.3 is 5.11 Å². The quantitative estimate of drug-likeness (QED) is 0.856. The molecule has 3 nitrogen and oxygen atoms in total. The lowest BCUT2D eigenvalue weighted by atomic mass is 10.1. The zero-order valence-electron chi connectivity index (χ0n) is 9.47. The maximum Gasteiger partial charge on any atom is 0.419 e. The van der Waals surface area contributed by atoms with Gasteiger partial charge in [-0.25, -0.2) is 4.98 Å². The van der Waals surface area contributed by atoms with Gasteiger partial charge in [-0.3, -0.25) is 4.90 Å². The molecule has 0 bridgehead atoms. The molecule has 2 N–H and O–H groups in total. The van der Waals surface area contributed by atoms with E-state index in [2.05, 4.69) is 4.98 Å². The second-order valence-electron chi connectivity index (χ2n) is 4.30. The lowest BCUT2D eigenvalue weighted by molar-refractivity contribution is -0.367. The molecule has 0 aromatic carbocycles. The van der Waals surface area contributed by atoms with Gasteiger partial charge in [0, 0.05) is 12.8 Å². The molecule has 1 fully saturated rings. The Morgan fingerprint density at radius 2 is 1.94 bits per heavy atom. The fourth-order valence-corrected chi connectivity index (χ4v) is 2.25. The van der Waals surface area contributed by atoms with Crippen LogP contribution >= 0.6 is 11.6 Å². The van der Waals surface area contributed by atoms with Gasteiger partial charge >= 0.3 is 6.18 Å². The van der Waals surface area contributed by atoms with Crippen LogP contribution in [0, 0.1) is 0 Å². The molecular formula is C11H13ClF3N2O+. The Labute approximate surface area is 107 Å². The standard InChI is InChI=1S/C11H12ClF3N2O/c12-9-5-7(11(13,14)15)6-16-10(9)17-3-1-8(18)2-4-17/h5-6,8,18H,1-4H2/p+1. The molecule has 0 atom stereocenters. The summed E-state index contributed by atoms with van der Waals surface area (Å²) in [5, 5.41) is 9.42. The van der Waals surface area contributed by atoms with Crippen LogP contribution in [0.4, 0.5) is 19.0 Å². The summed E-state index contributed by atoms with van der Waals surface area (Å²) in [5.74, 6) is 0.469. The van der Waals surface area contributed by atoms with E-state index in [0.29, 0.717) is 31.7 Å². The van der Waals surface area contributed by atoms with Crippen molar-refractivity contribution in [2.45, 2.75) is 25.1 Å². The van der Waals surface area contributed by atoms with Gasteiger partial charge in [-0.1, -0.05) is 11.6 Å². The minimum absolute atomic E-state index is 0.0428. The Balaban J connectivity index is 2.20. The Kier molecular flexibility index (Phi) is 3.68. The van der Waals surface area contributed by atoms with Crippen molar-refractivity contribution in [2.24, 2.45) is 0 Å². The van der Waals surface area contributed by atoms with Crippen LogP contribution in [-0.2, 0) is 6.18 Å². The van der Waals surface area contributed by atoms with Crippen LogP contribution in [0.1, 0.15) is 18.4 Å². The highest BCUT2D eigenvalue weighted by Crippen LogP contribution is 2.32. The van der Waals surface area contributed by atoms with E-state index in [4.69, 9.17) is 11.6 Å². The maximum atomic E-state index is 12.5. The summed E-state index contributed by atoms with van der Waals surface area (Å²) in [4.78, 5) is 4.43. The van der Waals surface area contributed by atoms with Crippen LogP contribution in [0.2, 0.25) is 5.02 Å². The van der Waals surface area contributed by atoms with Crippen LogP contribution in [-0.4, -0.2) is 24.3 Å². The highest BCUT2D eigenvalue weighted by molar-refractivity contribution is 6.32. The van der Waals surface area contributed by atoms with Crippen molar-refractivity contribution in [3.05, 3.63) is 22.8 Å². The number of alkyl halides is 3. The highest BCUT2D eigenvalue weighted by Gasteiger charge is 2.34. The summed E-state index contributed by atoms with van der Waals surface area (Å²) in [5.41, 5.74) is -0.798. The van der Waals surface area contributed by atoms with E-state index in [1.54, 1.807) is 0 Å². The number of pyridine rings is 1. The maximum absolute atomic E-state index is 12.5. The number of nitrogens with zero attached hydrogens (tertiary/aromatic N) is 1. The summed E-state index contributed by atoms with van der Waals surface area (Å²) < 4.78 is 37.4. The number of halogens is 4. The molecule has 0 unspecified atom stereocenters. The molecule has 7 heteroatoms. The van der Waals surface area contributed by atoms with Crippen molar-refractivity contribution in [1.29, 1.82) is 0 Å². The average molecular weight is 282 g/mol. The SMILES string of the molecule is OC1CCN(c2[nH+]cc(C(F)(F)F)cc2Cl)CC1. The van der Waals surface area contributed by atoms with Crippen LogP contribution in [0.15, 0.2) is 12.3 Å². The van der Waals surface area contributed by atoms with Gasteiger partial charge in [-0.15, -0.1) is 0 Å². The van der Waals surface area contributed by atoms with Crippen LogP contribution in [0.3, 0.4) is 0 Å². The molecule has 0 radical (unpaired) electrons. The van der Waals surface area contributed by atoms with Crippen molar-refractivity contribution in [3.8, 4) is 0 Å². The molecule has 18 heavy (non-hydrogen) atoms. The molecule has 2 rings (SSSR count). The van der Waals surface area contributed by atoms with Crippen molar-refractivity contribution in [3.63, 3.8) is 0 Å². The molecular weight excluding hydrogens is 269 g/mol. The lowest BCUT2D eigenvalue weighted by Crippen LogP contribution is -2.39. The zero-order chi connectivity index (χ0) is 13.3. The number of H-pyrrole nitrogens is 1. The number of hydrogen-bond acceptors (Lipinski definition) is 2. The molecule has 0 saturated carbocycles. The number of anilines is 1. The first-order valence-electron chi connectivity index (χ1n) is 5.59. The number of nitrogens with one attached hydrogen (secondary N) is 1. The first-order valence-corrected chi connectivity index (χ1v) is 5.97. The number of aromatic amines is 1. The minimum atomic E-state index is -4.41. The van der Waals surface area contributed by atoms with Gasteiger partial charge in [0.05, 0.1) is 24.8 Å². The van der Waals surface area contributed by atoms with Gasteiger partial charge in [0.15, 0.2) is 0 Å². The molecule has 100 valence electrons. The highest BCUT2D eigenvalue weighted by atomic mass is 35.5. The van der Waals surface area contributed by atoms with Gasteiger partial charge in [0.1, 0.15) is 11.2 Å². The third kappa shape index (κ3) is 2.87. The monoisotopic (exact) mass is 281 g/mol. The molecule has 0 amide bonds. The second-order valence-corrected chi connectivity index (χ2v) is 4.71. The van der Waals surface area contributed by atoms with Crippen molar-refractivity contribution >= 4 is 17.4 Å². The summed E-state index contributed by atoms with van der Waals surface area (Å²) in [7, 11) is 0. The molecule has 0 aliphatic carbocycles. The summed E-state index contributed by atoms with van der Waals surface area (Å²) in [6.07, 6.45) is -2.66. The normalized spacial score (nSPS) is 18.2. The van der Waals surface area contributed by atoms with E-state index in [-0.39, 0.29) is 11.1 Å². The number of aliphatic hydroxyl groups excluding tert-OH is 1. The number of rotatable bonds is 1. The molecule has 1 aromatic heterocycles. The van der Waals surface area contributed by atoms with Gasteiger partial charge in [-0.2, -0.15) is 13.2 Å². The number of hydrogen-bond donors (Lipinski definition) is 1. The van der Waals surface area contributed by atoms with Crippen LogP contribution in [0.25, 0.3) is 0 Å². The molecule has 0 spiro atoms. The predicted molar refractivity (Wildman–Crippen MR) is 60.5 cm³/mol. The molecule has 1 aromatic rings. The molecule has 1 aliphatic rings. The topological polar surface area (TPSA) is 37.6 Å². The summed E-state index contributed by atoms with van der Waals surface area (Å²) in [6, 6.07) is 0.915. The fourth-order valence-electron chi connectivity index (χ4n) is 1.96. The van der Waals surface area contributed by atoms with E-state index < -0.39 is 11.7 Å². The molecule has 1 aliphatic heterocycles. The largest absolute Gasteiger partial charge is 0.419 e. The predicted octanol–water partition coefficient (Wildman–Crippen LogP) is 2.13. The molecule has 1 saturated heterocycles. The van der Waals surface area contributed by atoms with Crippen LogP contribution < -0.4 is 9.88 Å². The minimum Gasteiger partial charge on any atom is -0.393 e. The molecule has 2 heterocycles. The van der Waals surface area contributed by atoms with Gasteiger partial charge in [-0.05, 0) is 6.07 Å². The Hall–Kier alpha value is -1.01. The zero-order valence-corrected chi connectivity index (χ0v) is 10.2. The first-order chi connectivity index (χ1) is 8.38. The van der Waals surface area contributed by atoms with Crippen molar-refractivity contribution in [2.75, 3.05) is 18.0 Å². The summed E-state index contributed by atoms with van der Waals surface area (Å²) >= 11 is 5.87. The number of aliphatic hydroxyl groups is 1. The Bertz CT molecular complexity index is 431.